The summed E-state index contributed by atoms with van der Waals surface area (Å²) in [7, 11) is 1.32. The van der Waals surface area contributed by atoms with Crippen LogP contribution in [0.3, 0.4) is 0 Å². The summed E-state index contributed by atoms with van der Waals surface area (Å²) in [4.78, 5) is 38.7. The van der Waals surface area contributed by atoms with Crippen molar-refractivity contribution in [3.05, 3.63) is 64.2 Å². The Labute approximate surface area is 166 Å². The molecule has 0 saturated heterocycles. The molecule has 29 heavy (non-hydrogen) atoms. The minimum Gasteiger partial charge on any atom is -0.494 e. The molecule has 0 aliphatic rings. The number of ether oxygens (including phenoxy) is 1. The molecule has 152 valence electrons. The number of carbonyl (C=O) groups is 2. The Morgan fingerprint density at radius 1 is 1.24 bits per heavy atom. The highest BCUT2D eigenvalue weighted by atomic mass is 16.6. The average molecular weight is 400 g/mol. The number of anilines is 1. The van der Waals surface area contributed by atoms with Crippen LogP contribution in [0.15, 0.2) is 53.7 Å². The molecule has 0 heterocycles. The van der Waals surface area contributed by atoms with Crippen molar-refractivity contribution in [2.75, 3.05) is 19.0 Å². The van der Waals surface area contributed by atoms with Crippen LogP contribution in [0.5, 0.6) is 5.75 Å². The van der Waals surface area contributed by atoms with Gasteiger partial charge in [-0.15, -0.1) is 0 Å². The van der Waals surface area contributed by atoms with E-state index in [-0.39, 0.29) is 29.8 Å². The van der Waals surface area contributed by atoms with Crippen molar-refractivity contribution >= 4 is 29.4 Å². The number of nitrogens with one attached hydrogen (secondary N) is 2. The summed E-state index contributed by atoms with van der Waals surface area (Å²) in [6.45, 7) is 1.48. The van der Waals surface area contributed by atoms with Crippen molar-refractivity contribution in [1.29, 1.82) is 0 Å². The predicted octanol–water partition coefficient (Wildman–Crippen LogP) is 2.42. The smallest absolute Gasteiger partial charge is 0.273 e. The molecule has 0 aliphatic heterocycles. The third-order valence-electron chi connectivity index (χ3n) is 3.77. The standard InChI is InChI=1S/C19H20N4O6/c1-13(14-6-4-3-5-7-14)21-19(25)12-29-20-11-18(24)22-16-9-8-15(23(26)27)10-17(16)28-2/h3-11,13H,12H2,1-2H3,(H,21,25)(H,22,24)/b20-11-/t13-/m0/s1. The molecule has 0 unspecified atom stereocenters. The lowest BCUT2D eigenvalue weighted by Crippen LogP contribution is -2.29. The van der Waals surface area contributed by atoms with Gasteiger partial charge in [-0.2, -0.15) is 0 Å². The van der Waals surface area contributed by atoms with Crippen LogP contribution in [0, 0.1) is 10.1 Å². The summed E-state index contributed by atoms with van der Waals surface area (Å²) in [5.74, 6) is -0.928. The zero-order valence-corrected chi connectivity index (χ0v) is 15.8. The van der Waals surface area contributed by atoms with E-state index in [1.165, 1.54) is 25.3 Å². The molecule has 0 spiro atoms. The van der Waals surface area contributed by atoms with Gasteiger partial charge < -0.3 is 20.2 Å². The van der Waals surface area contributed by atoms with Crippen molar-refractivity contribution < 1.29 is 24.1 Å². The molecule has 1 atom stereocenters. The summed E-state index contributed by atoms with van der Waals surface area (Å²) in [5.41, 5.74) is 0.998. The van der Waals surface area contributed by atoms with Gasteiger partial charge in [-0.05, 0) is 18.6 Å². The van der Waals surface area contributed by atoms with Gasteiger partial charge in [-0.25, -0.2) is 0 Å². The number of carbonyl (C=O) groups excluding carboxylic acids is 2. The fourth-order valence-corrected chi connectivity index (χ4v) is 2.35. The molecule has 2 rings (SSSR count). The molecule has 10 heteroatoms. The van der Waals surface area contributed by atoms with Crippen molar-refractivity contribution in [2.24, 2.45) is 5.16 Å². The summed E-state index contributed by atoms with van der Waals surface area (Å²) in [6, 6.07) is 12.9. The van der Waals surface area contributed by atoms with Crippen LogP contribution in [0.2, 0.25) is 0 Å². The maximum Gasteiger partial charge on any atom is 0.273 e. The van der Waals surface area contributed by atoms with Gasteiger partial charge >= 0.3 is 0 Å². The van der Waals surface area contributed by atoms with Gasteiger partial charge in [0.15, 0.2) is 6.61 Å². The SMILES string of the molecule is COc1cc([N+](=O)[O-])ccc1NC(=O)/C=N\OCC(=O)N[C@@H](C)c1ccccc1. The number of rotatable bonds is 9. The number of amides is 2. The Bertz CT molecular complexity index is 901. The number of non-ortho nitro benzene ring substituents is 1. The Kier molecular flexibility index (Phi) is 7.66. The number of hydrogen-bond donors (Lipinski definition) is 2. The highest BCUT2D eigenvalue weighted by Crippen LogP contribution is 2.28. The number of nitro groups is 1. The molecule has 2 aromatic carbocycles. The second-order valence-corrected chi connectivity index (χ2v) is 5.84. The van der Waals surface area contributed by atoms with Crippen molar-refractivity contribution in [2.45, 2.75) is 13.0 Å². The fourth-order valence-electron chi connectivity index (χ4n) is 2.35. The average Bonchev–Trinajstić information content (AvgIpc) is 2.72. The first-order valence-corrected chi connectivity index (χ1v) is 8.53. The largest absolute Gasteiger partial charge is 0.494 e. The van der Waals surface area contributed by atoms with E-state index >= 15 is 0 Å². The van der Waals surface area contributed by atoms with Gasteiger partial charge in [0.25, 0.3) is 17.5 Å². The van der Waals surface area contributed by atoms with E-state index < -0.39 is 16.7 Å². The lowest BCUT2D eigenvalue weighted by Gasteiger charge is -2.13. The van der Waals surface area contributed by atoms with E-state index in [2.05, 4.69) is 15.8 Å². The van der Waals surface area contributed by atoms with Crippen LogP contribution >= 0.6 is 0 Å². The van der Waals surface area contributed by atoms with E-state index in [0.29, 0.717) is 0 Å². The van der Waals surface area contributed by atoms with Crippen LogP contribution in [-0.4, -0.2) is 36.7 Å². The number of oxime groups is 1. The zero-order chi connectivity index (χ0) is 21.2. The topological polar surface area (TPSA) is 132 Å². The number of hydrogen-bond acceptors (Lipinski definition) is 7. The normalized spacial score (nSPS) is 11.5. The highest BCUT2D eigenvalue weighted by molar-refractivity contribution is 6.31. The van der Waals surface area contributed by atoms with Gasteiger partial charge in [0, 0.05) is 6.07 Å². The second-order valence-electron chi connectivity index (χ2n) is 5.84. The first-order valence-electron chi connectivity index (χ1n) is 8.53. The minimum atomic E-state index is -0.657. The number of benzene rings is 2. The van der Waals surface area contributed by atoms with Crippen LogP contribution in [-0.2, 0) is 14.4 Å². The monoisotopic (exact) mass is 400 g/mol. The number of methoxy groups -OCH3 is 1. The third kappa shape index (κ3) is 6.61. The Morgan fingerprint density at radius 2 is 1.97 bits per heavy atom. The molecule has 10 nitrogen and oxygen atoms in total. The molecule has 0 saturated carbocycles. The zero-order valence-electron chi connectivity index (χ0n) is 15.8. The predicted molar refractivity (Wildman–Crippen MR) is 106 cm³/mol. The van der Waals surface area contributed by atoms with Crippen molar-refractivity contribution in [3.8, 4) is 5.75 Å². The van der Waals surface area contributed by atoms with E-state index in [1.54, 1.807) is 0 Å². The van der Waals surface area contributed by atoms with E-state index in [4.69, 9.17) is 9.57 Å². The Morgan fingerprint density at radius 3 is 2.62 bits per heavy atom. The maximum absolute atomic E-state index is 11.9. The molecule has 0 aromatic heterocycles. The first-order chi connectivity index (χ1) is 13.9. The lowest BCUT2D eigenvalue weighted by atomic mass is 10.1. The number of nitro benzene ring substituents is 1. The number of nitrogens with zero attached hydrogens (tertiary/aromatic N) is 2. The highest BCUT2D eigenvalue weighted by Gasteiger charge is 2.13. The molecule has 2 N–H and O–H groups in total. The minimum absolute atomic E-state index is 0.121. The van der Waals surface area contributed by atoms with Gasteiger partial charge in [-0.3, -0.25) is 19.7 Å². The van der Waals surface area contributed by atoms with E-state index in [9.17, 15) is 19.7 Å². The third-order valence-corrected chi connectivity index (χ3v) is 3.77. The quantitative estimate of drug-likeness (QED) is 0.377. The summed E-state index contributed by atoms with van der Waals surface area (Å²) in [6.07, 6.45) is 0.842. The molecular weight excluding hydrogens is 380 g/mol. The summed E-state index contributed by atoms with van der Waals surface area (Å²) < 4.78 is 5.02. The van der Waals surface area contributed by atoms with Crippen LogP contribution in [0.25, 0.3) is 0 Å². The Hall–Kier alpha value is -3.95. The van der Waals surface area contributed by atoms with Crippen molar-refractivity contribution in [1.82, 2.24) is 5.32 Å². The van der Waals surface area contributed by atoms with Gasteiger partial charge in [0.2, 0.25) is 0 Å². The molecule has 0 radical (unpaired) electrons. The Balaban J connectivity index is 1.81. The van der Waals surface area contributed by atoms with Crippen LogP contribution in [0.1, 0.15) is 18.5 Å². The first kappa shape index (κ1) is 21.4. The lowest BCUT2D eigenvalue weighted by molar-refractivity contribution is -0.384. The summed E-state index contributed by atoms with van der Waals surface area (Å²) in [5, 5.41) is 19.4. The maximum atomic E-state index is 11.9. The fraction of sp³-hybridized carbons (Fsp3) is 0.211. The molecule has 0 aliphatic carbocycles. The summed E-state index contributed by atoms with van der Waals surface area (Å²) >= 11 is 0. The van der Waals surface area contributed by atoms with Gasteiger partial charge in [-0.1, -0.05) is 35.5 Å². The molecular formula is C19H20N4O6. The van der Waals surface area contributed by atoms with Gasteiger partial charge in [0.1, 0.15) is 12.0 Å². The molecule has 0 fully saturated rings. The van der Waals surface area contributed by atoms with Crippen molar-refractivity contribution in [3.63, 3.8) is 0 Å². The van der Waals surface area contributed by atoms with Crippen LogP contribution in [0.4, 0.5) is 11.4 Å². The van der Waals surface area contributed by atoms with E-state index in [0.717, 1.165) is 11.8 Å². The van der Waals surface area contributed by atoms with Crippen LogP contribution < -0.4 is 15.4 Å². The molecule has 2 aromatic rings. The van der Waals surface area contributed by atoms with Gasteiger partial charge in [0.05, 0.1) is 29.8 Å². The second kappa shape index (κ2) is 10.4. The molecule has 0 bridgehead atoms. The van der Waals surface area contributed by atoms with E-state index in [1.807, 2.05) is 37.3 Å². The molecule has 2 amide bonds.